The second-order valence-corrected chi connectivity index (χ2v) is 6.80. The van der Waals surface area contributed by atoms with Crippen molar-refractivity contribution >= 4 is 22.6 Å². The van der Waals surface area contributed by atoms with Gasteiger partial charge in [-0.1, -0.05) is 67.9 Å². The van der Waals surface area contributed by atoms with Gasteiger partial charge in [0.25, 0.3) is 5.91 Å². The number of nitrogens with one attached hydrogen (secondary N) is 1. The van der Waals surface area contributed by atoms with Crippen molar-refractivity contribution in [1.29, 1.82) is 0 Å². The molecule has 1 N–H and O–H groups in total. The van der Waals surface area contributed by atoms with E-state index in [-0.39, 0.29) is 18.6 Å². The Balaban J connectivity index is 1.66. The molecule has 29 heavy (non-hydrogen) atoms. The van der Waals surface area contributed by atoms with Crippen LogP contribution in [0.1, 0.15) is 41.7 Å². The third-order valence-electron chi connectivity index (χ3n) is 4.74. The van der Waals surface area contributed by atoms with Gasteiger partial charge in [0.05, 0.1) is 13.2 Å². The number of carbonyl (C=O) groups is 2. The molecule has 1 amide bonds. The number of fused-ring (bicyclic) bond motifs is 1. The first-order valence-corrected chi connectivity index (χ1v) is 9.70. The maximum atomic E-state index is 12.6. The van der Waals surface area contributed by atoms with Crippen LogP contribution in [-0.4, -0.2) is 25.6 Å². The van der Waals surface area contributed by atoms with Crippen molar-refractivity contribution < 1.29 is 19.1 Å². The first-order valence-electron chi connectivity index (χ1n) is 9.70. The molecule has 0 spiro atoms. The molecule has 5 nitrogen and oxygen atoms in total. The molecule has 0 saturated heterocycles. The summed E-state index contributed by atoms with van der Waals surface area (Å²) < 4.78 is 10.6. The second-order valence-electron chi connectivity index (χ2n) is 6.80. The molecule has 3 aromatic carbocycles. The number of rotatable bonds is 8. The fraction of sp³-hybridized carbons (Fsp3) is 0.250. The molecule has 0 aromatic heterocycles. The van der Waals surface area contributed by atoms with E-state index >= 15 is 0 Å². The highest BCUT2D eigenvalue weighted by molar-refractivity contribution is 5.99. The van der Waals surface area contributed by atoms with E-state index in [4.69, 9.17) is 9.47 Å². The molecule has 0 aliphatic heterocycles. The number of esters is 1. The molecule has 5 heteroatoms. The van der Waals surface area contributed by atoms with E-state index in [1.807, 2.05) is 54.6 Å². The Morgan fingerprint density at radius 1 is 0.966 bits per heavy atom. The zero-order chi connectivity index (χ0) is 20.6. The summed E-state index contributed by atoms with van der Waals surface area (Å²) in [7, 11) is 1.50. The summed E-state index contributed by atoms with van der Waals surface area (Å²) in [6, 6.07) is 20.8. The quantitative estimate of drug-likeness (QED) is 0.567. The van der Waals surface area contributed by atoms with E-state index in [9.17, 15) is 9.59 Å². The Hall–Kier alpha value is -3.34. The van der Waals surface area contributed by atoms with Gasteiger partial charge in [0.1, 0.15) is 11.3 Å². The van der Waals surface area contributed by atoms with E-state index < -0.39 is 5.97 Å². The van der Waals surface area contributed by atoms with Crippen LogP contribution in [0.4, 0.5) is 0 Å². The molecule has 1 atom stereocenters. The lowest BCUT2D eigenvalue weighted by Crippen LogP contribution is -2.32. The minimum Gasteiger partial charge on any atom is -0.496 e. The number of hydrogen-bond donors (Lipinski definition) is 1. The minimum absolute atomic E-state index is 0.109. The van der Waals surface area contributed by atoms with Gasteiger partial charge in [-0.25, -0.2) is 4.79 Å². The van der Waals surface area contributed by atoms with Crippen LogP contribution in [0.25, 0.3) is 10.8 Å². The molecule has 0 aliphatic carbocycles. The monoisotopic (exact) mass is 391 g/mol. The van der Waals surface area contributed by atoms with Crippen LogP contribution in [0.3, 0.4) is 0 Å². The number of benzene rings is 3. The normalized spacial score (nSPS) is 11.7. The van der Waals surface area contributed by atoms with Gasteiger partial charge in [-0.3, -0.25) is 4.79 Å². The Labute approximate surface area is 170 Å². The average molecular weight is 391 g/mol. The topological polar surface area (TPSA) is 64.6 Å². The average Bonchev–Trinajstić information content (AvgIpc) is 2.76. The summed E-state index contributed by atoms with van der Waals surface area (Å²) in [4.78, 5) is 25.0. The summed E-state index contributed by atoms with van der Waals surface area (Å²) >= 11 is 0. The van der Waals surface area contributed by atoms with Crippen molar-refractivity contribution in [3.8, 4) is 5.75 Å². The molecule has 0 heterocycles. The number of ether oxygens (including phenoxy) is 2. The van der Waals surface area contributed by atoms with E-state index in [1.165, 1.54) is 7.11 Å². The van der Waals surface area contributed by atoms with Crippen LogP contribution >= 0.6 is 0 Å². The number of hydrogen-bond acceptors (Lipinski definition) is 4. The second kappa shape index (κ2) is 9.73. The van der Waals surface area contributed by atoms with Gasteiger partial charge < -0.3 is 14.8 Å². The van der Waals surface area contributed by atoms with Gasteiger partial charge in [0.15, 0.2) is 6.61 Å². The number of carbonyl (C=O) groups excluding carboxylic acids is 2. The van der Waals surface area contributed by atoms with Crippen LogP contribution < -0.4 is 10.1 Å². The zero-order valence-corrected chi connectivity index (χ0v) is 16.7. The molecular formula is C24H25NO4. The van der Waals surface area contributed by atoms with Gasteiger partial charge in [-0.15, -0.1) is 0 Å². The highest BCUT2D eigenvalue weighted by Crippen LogP contribution is 2.26. The van der Waals surface area contributed by atoms with Gasteiger partial charge in [-0.05, 0) is 34.9 Å². The third kappa shape index (κ3) is 5.13. The number of methoxy groups -OCH3 is 1. The smallest absolute Gasteiger partial charge is 0.342 e. The van der Waals surface area contributed by atoms with Crippen molar-refractivity contribution in [3.63, 3.8) is 0 Å². The molecule has 0 aliphatic rings. The van der Waals surface area contributed by atoms with Crippen molar-refractivity contribution in [3.05, 3.63) is 77.9 Å². The van der Waals surface area contributed by atoms with Gasteiger partial charge >= 0.3 is 5.97 Å². The Morgan fingerprint density at radius 3 is 2.28 bits per heavy atom. The predicted octanol–water partition coefficient (Wildman–Crippen LogP) is 4.66. The SMILES string of the molecule is CCC[C@H](NC(=O)COC(=O)c1cc2ccccc2cc1OC)c1ccccc1. The third-order valence-corrected chi connectivity index (χ3v) is 4.74. The predicted molar refractivity (Wildman–Crippen MR) is 113 cm³/mol. The summed E-state index contributed by atoms with van der Waals surface area (Å²) in [6.45, 7) is 1.72. The Bertz CT molecular complexity index is 985. The zero-order valence-electron chi connectivity index (χ0n) is 16.7. The highest BCUT2D eigenvalue weighted by Gasteiger charge is 2.18. The summed E-state index contributed by atoms with van der Waals surface area (Å²) in [5.74, 6) is -0.503. The molecular weight excluding hydrogens is 366 g/mol. The van der Waals surface area contributed by atoms with Crippen molar-refractivity contribution in [2.75, 3.05) is 13.7 Å². The molecule has 0 saturated carbocycles. The van der Waals surface area contributed by atoms with E-state index in [0.29, 0.717) is 11.3 Å². The minimum atomic E-state index is -0.588. The maximum Gasteiger partial charge on any atom is 0.342 e. The van der Waals surface area contributed by atoms with Crippen LogP contribution in [0.2, 0.25) is 0 Å². The molecule has 3 aromatic rings. The molecule has 3 rings (SSSR count). The summed E-state index contributed by atoms with van der Waals surface area (Å²) in [6.07, 6.45) is 1.73. The number of amides is 1. The fourth-order valence-corrected chi connectivity index (χ4v) is 3.29. The summed E-state index contributed by atoms with van der Waals surface area (Å²) in [5.41, 5.74) is 1.33. The fourth-order valence-electron chi connectivity index (χ4n) is 3.29. The molecule has 0 fully saturated rings. The van der Waals surface area contributed by atoms with Crippen molar-refractivity contribution in [1.82, 2.24) is 5.32 Å². The van der Waals surface area contributed by atoms with Gasteiger partial charge in [0, 0.05) is 0 Å². The van der Waals surface area contributed by atoms with E-state index in [0.717, 1.165) is 29.2 Å². The largest absolute Gasteiger partial charge is 0.496 e. The standard InChI is InChI=1S/C24H25NO4/c1-3-9-21(17-10-5-4-6-11-17)25-23(26)16-29-24(27)20-14-18-12-7-8-13-19(18)15-22(20)28-2/h4-8,10-15,21H,3,9,16H2,1-2H3,(H,25,26)/t21-/m0/s1. The van der Waals surface area contributed by atoms with Gasteiger partial charge in [0.2, 0.25) is 0 Å². The van der Waals surface area contributed by atoms with Gasteiger partial charge in [-0.2, -0.15) is 0 Å². The van der Waals surface area contributed by atoms with Crippen LogP contribution in [0.5, 0.6) is 5.75 Å². The van der Waals surface area contributed by atoms with E-state index in [2.05, 4.69) is 12.2 Å². The Morgan fingerprint density at radius 2 is 1.62 bits per heavy atom. The lowest BCUT2D eigenvalue weighted by atomic mass is 10.0. The first-order chi connectivity index (χ1) is 14.1. The molecule has 0 radical (unpaired) electrons. The molecule has 150 valence electrons. The summed E-state index contributed by atoms with van der Waals surface area (Å²) in [5, 5.41) is 4.81. The molecule has 0 bridgehead atoms. The van der Waals surface area contributed by atoms with Crippen molar-refractivity contribution in [2.24, 2.45) is 0 Å². The molecule has 0 unspecified atom stereocenters. The van der Waals surface area contributed by atoms with Crippen molar-refractivity contribution in [2.45, 2.75) is 25.8 Å². The first kappa shape index (κ1) is 20.4. The highest BCUT2D eigenvalue weighted by atomic mass is 16.5. The lowest BCUT2D eigenvalue weighted by Gasteiger charge is -2.18. The Kier molecular flexibility index (Phi) is 6.85. The van der Waals surface area contributed by atoms with Crippen LogP contribution in [0, 0.1) is 0 Å². The van der Waals surface area contributed by atoms with E-state index in [1.54, 1.807) is 12.1 Å². The van der Waals surface area contributed by atoms with Crippen LogP contribution in [-0.2, 0) is 9.53 Å². The maximum absolute atomic E-state index is 12.6. The lowest BCUT2D eigenvalue weighted by molar-refractivity contribution is -0.125. The van der Waals surface area contributed by atoms with Crippen LogP contribution in [0.15, 0.2) is 66.7 Å².